The molecule has 1 aromatic carbocycles. The number of rotatable bonds is 3. The monoisotopic (exact) mass is 249 g/mol. The van der Waals surface area contributed by atoms with E-state index in [0.717, 1.165) is 11.3 Å². The number of non-ortho nitro benzene ring substituents is 1. The molecule has 0 aliphatic rings. The third-order valence-electron chi connectivity index (χ3n) is 2.19. The SMILES string of the molecule is O=[N+]([O-])c1ccc(-c2nccc(CCl)n2)cc1. The predicted octanol–water partition coefficient (Wildman–Crippen LogP) is 2.79. The van der Waals surface area contributed by atoms with Gasteiger partial charge in [0.05, 0.1) is 16.5 Å². The van der Waals surface area contributed by atoms with Gasteiger partial charge >= 0.3 is 0 Å². The van der Waals surface area contributed by atoms with Gasteiger partial charge in [-0.3, -0.25) is 10.1 Å². The summed E-state index contributed by atoms with van der Waals surface area (Å²) in [6.07, 6.45) is 1.61. The summed E-state index contributed by atoms with van der Waals surface area (Å²) in [6, 6.07) is 7.80. The first-order valence-electron chi connectivity index (χ1n) is 4.83. The van der Waals surface area contributed by atoms with Crippen LogP contribution in [-0.4, -0.2) is 14.9 Å². The molecule has 0 amide bonds. The second-order valence-electron chi connectivity index (χ2n) is 3.31. The van der Waals surface area contributed by atoms with E-state index in [9.17, 15) is 10.1 Å². The molecule has 0 N–H and O–H groups in total. The van der Waals surface area contributed by atoms with Crippen molar-refractivity contribution in [3.05, 3.63) is 52.3 Å². The van der Waals surface area contributed by atoms with Crippen molar-refractivity contribution in [1.29, 1.82) is 0 Å². The van der Waals surface area contributed by atoms with E-state index in [2.05, 4.69) is 9.97 Å². The van der Waals surface area contributed by atoms with Gasteiger partial charge in [0, 0.05) is 23.9 Å². The highest BCUT2D eigenvalue weighted by Crippen LogP contribution is 2.19. The summed E-state index contributed by atoms with van der Waals surface area (Å²) in [4.78, 5) is 18.4. The summed E-state index contributed by atoms with van der Waals surface area (Å²) >= 11 is 5.67. The van der Waals surface area contributed by atoms with Crippen LogP contribution in [0.15, 0.2) is 36.5 Å². The number of halogens is 1. The van der Waals surface area contributed by atoms with Gasteiger partial charge in [-0.05, 0) is 18.2 Å². The molecule has 0 fully saturated rings. The van der Waals surface area contributed by atoms with Crippen LogP contribution in [0, 0.1) is 10.1 Å². The number of hydrogen-bond donors (Lipinski definition) is 0. The van der Waals surface area contributed by atoms with Gasteiger partial charge in [0.25, 0.3) is 5.69 Å². The topological polar surface area (TPSA) is 68.9 Å². The van der Waals surface area contributed by atoms with Gasteiger partial charge in [0.1, 0.15) is 0 Å². The lowest BCUT2D eigenvalue weighted by Gasteiger charge is -2.01. The van der Waals surface area contributed by atoms with E-state index in [1.165, 1.54) is 12.1 Å². The molecule has 2 aromatic rings. The van der Waals surface area contributed by atoms with Gasteiger partial charge < -0.3 is 0 Å². The highest BCUT2D eigenvalue weighted by molar-refractivity contribution is 6.16. The standard InChI is InChI=1S/C11H8ClN3O2/c12-7-9-5-6-13-11(14-9)8-1-3-10(4-2-8)15(16)17/h1-6H,7H2. The van der Waals surface area contributed by atoms with Gasteiger partial charge in [0.15, 0.2) is 5.82 Å². The molecule has 0 atom stereocenters. The maximum absolute atomic E-state index is 10.5. The van der Waals surface area contributed by atoms with Crippen LogP contribution in [0.2, 0.25) is 0 Å². The number of aromatic nitrogens is 2. The number of alkyl halides is 1. The first-order chi connectivity index (χ1) is 8.20. The fraction of sp³-hybridized carbons (Fsp3) is 0.0909. The number of nitro benzene ring substituents is 1. The Balaban J connectivity index is 2.36. The molecule has 17 heavy (non-hydrogen) atoms. The van der Waals surface area contributed by atoms with Crippen LogP contribution >= 0.6 is 11.6 Å². The van der Waals surface area contributed by atoms with E-state index in [1.807, 2.05) is 0 Å². The molecule has 0 unspecified atom stereocenters. The zero-order chi connectivity index (χ0) is 12.3. The van der Waals surface area contributed by atoms with E-state index in [0.29, 0.717) is 11.7 Å². The largest absolute Gasteiger partial charge is 0.269 e. The van der Waals surface area contributed by atoms with E-state index in [-0.39, 0.29) is 5.69 Å². The summed E-state index contributed by atoms with van der Waals surface area (Å²) in [5.74, 6) is 0.820. The Bertz CT molecular complexity index is 543. The molecule has 0 aliphatic carbocycles. The molecule has 0 spiro atoms. The van der Waals surface area contributed by atoms with Crippen LogP contribution in [-0.2, 0) is 5.88 Å². The van der Waals surface area contributed by atoms with Crippen LogP contribution < -0.4 is 0 Å². The van der Waals surface area contributed by atoms with Gasteiger partial charge in [-0.2, -0.15) is 0 Å². The molecule has 86 valence electrons. The van der Waals surface area contributed by atoms with E-state index in [1.54, 1.807) is 24.4 Å². The van der Waals surface area contributed by atoms with Crippen molar-refractivity contribution in [2.75, 3.05) is 0 Å². The quantitative estimate of drug-likeness (QED) is 0.476. The maximum Gasteiger partial charge on any atom is 0.269 e. The lowest BCUT2D eigenvalue weighted by Crippen LogP contribution is -1.93. The fourth-order valence-electron chi connectivity index (χ4n) is 1.34. The first kappa shape index (κ1) is 11.5. The third kappa shape index (κ3) is 2.57. The highest BCUT2D eigenvalue weighted by atomic mass is 35.5. The van der Waals surface area contributed by atoms with Crippen LogP contribution in [0.5, 0.6) is 0 Å². The van der Waals surface area contributed by atoms with E-state index in [4.69, 9.17) is 11.6 Å². The Kier molecular flexibility index (Phi) is 3.30. The lowest BCUT2D eigenvalue weighted by atomic mass is 10.2. The van der Waals surface area contributed by atoms with Gasteiger partial charge in [-0.15, -0.1) is 11.6 Å². The Morgan fingerprint density at radius 2 is 1.94 bits per heavy atom. The Hall–Kier alpha value is -2.01. The second-order valence-corrected chi connectivity index (χ2v) is 3.58. The summed E-state index contributed by atoms with van der Waals surface area (Å²) in [5, 5.41) is 10.5. The smallest absolute Gasteiger partial charge is 0.258 e. The third-order valence-corrected chi connectivity index (χ3v) is 2.46. The van der Waals surface area contributed by atoms with E-state index < -0.39 is 4.92 Å². The fourth-order valence-corrected chi connectivity index (χ4v) is 1.49. The molecule has 0 radical (unpaired) electrons. The summed E-state index contributed by atoms with van der Waals surface area (Å²) in [7, 11) is 0. The zero-order valence-corrected chi connectivity index (χ0v) is 9.46. The highest BCUT2D eigenvalue weighted by Gasteiger charge is 2.07. The first-order valence-corrected chi connectivity index (χ1v) is 5.37. The number of nitro groups is 1. The molecule has 2 rings (SSSR count). The maximum atomic E-state index is 10.5. The number of benzene rings is 1. The normalized spacial score (nSPS) is 10.2. The van der Waals surface area contributed by atoms with Crippen molar-refractivity contribution >= 4 is 17.3 Å². The molecular weight excluding hydrogens is 242 g/mol. The Labute approximate surface area is 102 Å². The number of hydrogen-bond acceptors (Lipinski definition) is 4. The molecule has 0 aliphatic heterocycles. The average molecular weight is 250 g/mol. The molecule has 1 heterocycles. The minimum absolute atomic E-state index is 0.0437. The van der Waals surface area contributed by atoms with Crippen molar-refractivity contribution in [3.8, 4) is 11.4 Å². The van der Waals surface area contributed by atoms with Crippen LogP contribution in [0.25, 0.3) is 11.4 Å². The minimum atomic E-state index is -0.445. The van der Waals surface area contributed by atoms with Crippen LogP contribution in [0.1, 0.15) is 5.69 Å². The van der Waals surface area contributed by atoms with Crippen molar-refractivity contribution in [2.24, 2.45) is 0 Å². The summed E-state index contributed by atoms with van der Waals surface area (Å²) in [5.41, 5.74) is 1.49. The van der Waals surface area contributed by atoms with Crippen LogP contribution in [0.4, 0.5) is 5.69 Å². The average Bonchev–Trinajstić information content (AvgIpc) is 2.39. The minimum Gasteiger partial charge on any atom is -0.258 e. The predicted molar refractivity (Wildman–Crippen MR) is 63.7 cm³/mol. The number of nitrogens with zero attached hydrogens (tertiary/aromatic N) is 3. The molecular formula is C11H8ClN3O2. The Morgan fingerprint density at radius 1 is 1.24 bits per heavy atom. The van der Waals surface area contributed by atoms with Gasteiger partial charge in [-0.25, -0.2) is 9.97 Å². The van der Waals surface area contributed by atoms with Crippen molar-refractivity contribution in [1.82, 2.24) is 9.97 Å². The van der Waals surface area contributed by atoms with Gasteiger partial charge in [0.2, 0.25) is 0 Å². The summed E-state index contributed by atoms with van der Waals surface area (Å²) in [6.45, 7) is 0. The molecule has 5 nitrogen and oxygen atoms in total. The molecule has 0 bridgehead atoms. The van der Waals surface area contributed by atoms with Gasteiger partial charge in [-0.1, -0.05) is 0 Å². The molecule has 0 saturated carbocycles. The van der Waals surface area contributed by atoms with Crippen molar-refractivity contribution < 1.29 is 4.92 Å². The molecule has 1 aromatic heterocycles. The van der Waals surface area contributed by atoms with Crippen molar-refractivity contribution in [3.63, 3.8) is 0 Å². The lowest BCUT2D eigenvalue weighted by molar-refractivity contribution is -0.384. The second kappa shape index (κ2) is 4.88. The zero-order valence-electron chi connectivity index (χ0n) is 8.71. The van der Waals surface area contributed by atoms with Crippen LogP contribution in [0.3, 0.4) is 0 Å². The van der Waals surface area contributed by atoms with E-state index >= 15 is 0 Å². The molecule has 6 heteroatoms. The van der Waals surface area contributed by atoms with Crippen molar-refractivity contribution in [2.45, 2.75) is 5.88 Å². The summed E-state index contributed by atoms with van der Waals surface area (Å²) < 4.78 is 0. The molecule has 0 saturated heterocycles. The Morgan fingerprint density at radius 3 is 2.53 bits per heavy atom.